The van der Waals surface area contributed by atoms with Crippen molar-refractivity contribution in [2.45, 2.75) is 57.1 Å². The largest absolute Gasteiger partial charge is 0.461 e. The van der Waals surface area contributed by atoms with Crippen LogP contribution in [0.2, 0.25) is 0 Å². The Bertz CT molecular complexity index is 875. The van der Waals surface area contributed by atoms with Gasteiger partial charge in [0.15, 0.2) is 0 Å². The van der Waals surface area contributed by atoms with Gasteiger partial charge in [-0.05, 0) is 20.8 Å². The lowest BCUT2D eigenvalue weighted by Crippen LogP contribution is -2.57. The number of esters is 2. The van der Waals surface area contributed by atoms with Crippen LogP contribution in [0, 0.1) is 0 Å². The van der Waals surface area contributed by atoms with E-state index in [9.17, 15) is 14.4 Å². The van der Waals surface area contributed by atoms with Gasteiger partial charge in [0.05, 0.1) is 24.1 Å². The summed E-state index contributed by atoms with van der Waals surface area (Å²) in [4.78, 5) is 45.6. The highest BCUT2D eigenvalue weighted by Gasteiger charge is 2.49. The third kappa shape index (κ3) is 4.96. The first-order chi connectivity index (χ1) is 14.1. The Morgan fingerprint density at radius 3 is 2.70 bits per heavy atom. The number of nitrogens with one attached hydrogen (secondary N) is 2. The molecule has 10 nitrogen and oxygen atoms in total. The molecule has 0 radical (unpaired) electrons. The SMILES string of the molecule is COCc1c[nH]c(NC2S[C@@H]3CC(=O)N3C(C(=O)OC(C)(C)C)=C2COC(C)=O)n1. The summed E-state index contributed by atoms with van der Waals surface area (Å²) in [7, 11) is 1.58. The van der Waals surface area contributed by atoms with Gasteiger partial charge in [-0.3, -0.25) is 14.5 Å². The number of imidazole rings is 1. The number of fused-ring (bicyclic) bond motifs is 1. The van der Waals surface area contributed by atoms with E-state index in [1.807, 2.05) is 0 Å². The van der Waals surface area contributed by atoms with E-state index < -0.39 is 22.9 Å². The number of aromatic nitrogens is 2. The van der Waals surface area contributed by atoms with E-state index in [4.69, 9.17) is 14.2 Å². The molecule has 0 spiro atoms. The molecule has 2 atom stereocenters. The number of aromatic amines is 1. The molecule has 0 aromatic carbocycles. The van der Waals surface area contributed by atoms with E-state index in [-0.39, 0.29) is 23.6 Å². The summed E-state index contributed by atoms with van der Waals surface area (Å²) in [6.45, 7) is 6.73. The van der Waals surface area contributed by atoms with Gasteiger partial charge in [0.25, 0.3) is 0 Å². The lowest BCUT2D eigenvalue weighted by atomic mass is 10.1. The van der Waals surface area contributed by atoms with Gasteiger partial charge in [0.2, 0.25) is 11.9 Å². The maximum Gasteiger partial charge on any atom is 0.355 e. The van der Waals surface area contributed by atoms with Crippen molar-refractivity contribution in [3.63, 3.8) is 0 Å². The Kier molecular flexibility index (Phi) is 6.41. The fourth-order valence-electron chi connectivity index (χ4n) is 3.06. The molecule has 2 N–H and O–H groups in total. The number of H-pyrrole nitrogens is 1. The van der Waals surface area contributed by atoms with Crippen molar-refractivity contribution >= 4 is 35.6 Å². The van der Waals surface area contributed by atoms with Gasteiger partial charge in [0, 0.05) is 25.8 Å². The van der Waals surface area contributed by atoms with Crippen LogP contribution in [0.5, 0.6) is 0 Å². The van der Waals surface area contributed by atoms with Crippen molar-refractivity contribution in [2.24, 2.45) is 0 Å². The molecule has 2 aliphatic heterocycles. The second kappa shape index (κ2) is 8.68. The summed E-state index contributed by atoms with van der Waals surface area (Å²) < 4.78 is 15.8. The van der Waals surface area contributed by atoms with Crippen molar-refractivity contribution in [2.75, 3.05) is 19.0 Å². The van der Waals surface area contributed by atoms with Gasteiger partial charge >= 0.3 is 11.9 Å². The lowest BCUT2D eigenvalue weighted by molar-refractivity contribution is -0.157. The first-order valence-electron chi connectivity index (χ1n) is 9.46. The molecule has 3 heterocycles. The van der Waals surface area contributed by atoms with Gasteiger partial charge in [-0.25, -0.2) is 9.78 Å². The number of amides is 1. The zero-order chi connectivity index (χ0) is 22.1. The first kappa shape index (κ1) is 22.2. The van der Waals surface area contributed by atoms with E-state index in [0.29, 0.717) is 30.2 Å². The average Bonchev–Trinajstić information content (AvgIpc) is 3.05. The fraction of sp³-hybridized carbons (Fsp3) is 0.579. The maximum absolute atomic E-state index is 13.0. The number of carbonyl (C=O) groups is 3. The van der Waals surface area contributed by atoms with Crippen LogP contribution < -0.4 is 5.32 Å². The summed E-state index contributed by atoms with van der Waals surface area (Å²) in [5.41, 5.74) is 0.522. The summed E-state index contributed by atoms with van der Waals surface area (Å²) in [6.07, 6.45) is 2.02. The number of β-lactam (4-membered cyclic amide) rings is 1. The molecule has 1 amide bonds. The molecular weight excluding hydrogens is 412 g/mol. The van der Waals surface area contributed by atoms with E-state index in [2.05, 4.69) is 15.3 Å². The number of hydrogen-bond donors (Lipinski definition) is 2. The van der Waals surface area contributed by atoms with Gasteiger partial charge in [-0.2, -0.15) is 0 Å². The molecule has 30 heavy (non-hydrogen) atoms. The van der Waals surface area contributed by atoms with Crippen molar-refractivity contribution in [1.82, 2.24) is 14.9 Å². The van der Waals surface area contributed by atoms with Crippen LogP contribution in [-0.2, 0) is 35.2 Å². The number of methoxy groups -OCH3 is 1. The van der Waals surface area contributed by atoms with Crippen LogP contribution in [0.1, 0.15) is 39.8 Å². The van der Waals surface area contributed by atoms with E-state index in [0.717, 1.165) is 0 Å². The minimum atomic E-state index is -0.746. The average molecular weight is 439 g/mol. The number of nitrogens with zero attached hydrogens (tertiary/aromatic N) is 2. The Hall–Kier alpha value is -2.53. The Labute approximate surface area is 178 Å². The molecule has 11 heteroatoms. The number of carbonyl (C=O) groups excluding carboxylic acids is 3. The highest BCUT2D eigenvalue weighted by atomic mass is 32.2. The van der Waals surface area contributed by atoms with Crippen LogP contribution in [0.3, 0.4) is 0 Å². The Morgan fingerprint density at radius 2 is 2.10 bits per heavy atom. The summed E-state index contributed by atoms with van der Waals surface area (Å²) in [5, 5.41) is 2.56. The summed E-state index contributed by atoms with van der Waals surface area (Å²) in [5.74, 6) is -0.823. The zero-order valence-electron chi connectivity index (χ0n) is 17.6. The first-order valence-corrected chi connectivity index (χ1v) is 10.4. The summed E-state index contributed by atoms with van der Waals surface area (Å²) in [6, 6.07) is 0. The minimum absolute atomic E-state index is 0.118. The number of hydrogen-bond acceptors (Lipinski definition) is 9. The van der Waals surface area contributed by atoms with Crippen LogP contribution in [0.15, 0.2) is 17.5 Å². The van der Waals surface area contributed by atoms with Crippen LogP contribution in [0.4, 0.5) is 5.95 Å². The van der Waals surface area contributed by atoms with Crippen molar-refractivity contribution in [3.8, 4) is 0 Å². The molecule has 1 aromatic rings. The summed E-state index contributed by atoms with van der Waals surface area (Å²) >= 11 is 1.45. The van der Waals surface area contributed by atoms with Gasteiger partial charge < -0.3 is 24.5 Å². The Balaban J connectivity index is 1.96. The van der Waals surface area contributed by atoms with Crippen LogP contribution in [0.25, 0.3) is 0 Å². The molecule has 3 rings (SSSR count). The van der Waals surface area contributed by atoms with Gasteiger partial charge in [-0.15, -0.1) is 11.8 Å². The van der Waals surface area contributed by atoms with Crippen molar-refractivity contribution < 1.29 is 28.6 Å². The molecule has 1 saturated heterocycles. The van der Waals surface area contributed by atoms with Gasteiger partial charge in [-0.1, -0.05) is 0 Å². The molecule has 0 aliphatic carbocycles. The third-order valence-corrected chi connectivity index (χ3v) is 5.64. The topological polar surface area (TPSA) is 123 Å². The number of ether oxygens (including phenoxy) is 3. The molecule has 1 aromatic heterocycles. The lowest BCUT2D eigenvalue weighted by Gasteiger charge is -2.47. The van der Waals surface area contributed by atoms with Gasteiger partial charge in [0.1, 0.15) is 23.3 Å². The normalized spacial score (nSPS) is 21.1. The number of rotatable bonds is 7. The van der Waals surface area contributed by atoms with E-state index in [1.165, 1.54) is 23.6 Å². The second-order valence-corrected chi connectivity index (χ2v) is 9.20. The van der Waals surface area contributed by atoms with E-state index >= 15 is 0 Å². The van der Waals surface area contributed by atoms with Crippen LogP contribution in [-0.4, -0.2) is 62.8 Å². The standard InChI is InChI=1S/C19H26N4O6S/c1-10(24)28-9-12-15(17(26)29-19(2,3)4)23-13(25)6-14(23)30-16(12)22-18-20-7-11(21-18)8-27-5/h7,14,16H,6,8-9H2,1-5H3,(H2,20,21,22)/t14-,16?/m1/s1. The monoisotopic (exact) mass is 438 g/mol. The number of thioether (sulfide) groups is 1. The zero-order valence-corrected chi connectivity index (χ0v) is 18.4. The van der Waals surface area contributed by atoms with Crippen molar-refractivity contribution in [1.29, 1.82) is 0 Å². The predicted molar refractivity (Wildman–Crippen MR) is 109 cm³/mol. The molecule has 2 aliphatic rings. The molecular formula is C19H26N4O6S. The van der Waals surface area contributed by atoms with E-state index in [1.54, 1.807) is 34.1 Å². The third-order valence-electron chi connectivity index (χ3n) is 4.27. The molecule has 0 bridgehead atoms. The van der Waals surface area contributed by atoms with Crippen molar-refractivity contribution in [3.05, 3.63) is 23.2 Å². The number of anilines is 1. The highest BCUT2D eigenvalue weighted by Crippen LogP contribution is 2.44. The van der Waals surface area contributed by atoms with Crippen LogP contribution >= 0.6 is 11.8 Å². The quantitative estimate of drug-likeness (QED) is 0.484. The highest BCUT2D eigenvalue weighted by molar-refractivity contribution is 8.00. The predicted octanol–water partition coefficient (Wildman–Crippen LogP) is 1.76. The molecule has 1 fully saturated rings. The smallest absolute Gasteiger partial charge is 0.355 e. The molecule has 0 saturated carbocycles. The molecule has 164 valence electrons. The fourth-order valence-corrected chi connectivity index (χ4v) is 4.48. The maximum atomic E-state index is 13.0. The Morgan fingerprint density at radius 1 is 1.37 bits per heavy atom. The molecule has 1 unspecified atom stereocenters. The minimum Gasteiger partial charge on any atom is -0.461 e. The second-order valence-electron chi connectivity index (χ2n) is 7.91.